The molecule has 1 aromatic carbocycles. The summed E-state index contributed by atoms with van der Waals surface area (Å²) in [6, 6.07) is 9.51. The van der Waals surface area contributed by atoms with Gasteiger partial charge in [-0.15, -0.1) is 0 Å². The molecule has 0 saturated carbocycles. The van der Waals surface area contributed by atoms with Crippen LogP contribution in [0.5, 0.6) is 5.75 Å². The van der Waals surface area contributed by atoms with E-state index >= 15 is 0 Å². The van der Waals surface area contributed by atoms with E-state index in [0.29, 0.717) is 10.6 Å². The molecule has 7 heteroatoms. The molecular weight excluding hydrogens is 370 g/mol. The summed E-state index contributed by atoms with van der Waals surface area (Å²) in [5.41, 5.74) is 0.735. The number of carbonyl (C=O) groups is 1. The molecule has 0 radical (unpaired) electrons. The average Bonchev–Trinajstić information content (AvgIpc) is 3.21. The minimum absolute atomic E-state index is 0.0245. The SMILES string of the molecule is Cc1cc2oc(-c3ccco3)c(OC(=O)c3cccnc3)c(=O)c2cc1Cl. The number of carbonyl (C=O) groups excluding carboxylic acids is 1. The van der Waals surface area contributed by atoms with E-state index in [0.717, 1.165) is 5.56 Å². The summed E-state index contributed by atoms with van der Waals surface area (Å²) in [4.78, 5) is 29.3. The van der Waals surface area contributed by atoms with Crippen molar-refractivity contribution in [2.75, 3.05) is 0 Å². The van der Waals surface area contributed by atoms with E-state index in [2.05, 4.69) is 4.98 Å². The van der Waals surface area contributed by atoms with Crippen LogP contribution in [0.15, 0.2) is 68.7 Å². The summed E-state index contributed by atoms with van der Waals surface area (Å²) in [6.45, 7) is 1.80. The number of benzene rings is 1. The minimum Gasteiger partial charge on any atom is -0.461 e. The third-order valence-electron chi connectivity index (χ3n) is 3.97. The largest absolute Gasteiger partial charge is 0.461 e. The second-order valence-electron chi connectivity index (χ2n) is 5.80. The van der Waals surface area contributed by atoms with Crippen molar-refractivity contribution >= 4 is 28.5 Å². The molecule has 0 aliphatic rings. The predicted octanol–water partition coefficient (Wildman–Crippen LogP) is 4.63. The van der Waals surface area contributed by atoms with Crippen LogP contribution in [0.1, 0.15) is 15.9 Å². The Bertz CT molecular complexity index is 1200. The Morgan fingerprint density at radius 2 is 2.07 bits per heavy atom. The maximum absolute atomic E-state index is 13.0. The number of hydrogen-bond acceptors (Lipinski definition) is 6. The Kier molecular flexibility index (Phi) is 4.25. The molecule has 3 aromatic heterocycles. The highest BCUT2D eigenvalue weighted by Gasteiger charge is 2.23. The number of hydrogen-bond donors (Lipinski definition) is 0. The van der Waals surface area contributed by atoms with E-state index in [1.807, 2.05) is 0 Å². The zero-order valence-electron chi connectivity index (χ0n) is 14.1. The number of nitrogens with zero attached hydrogens (tertiary/aromatic N) is 1. The predicted molar refractivity (Wildman–Crippen MR) is 99.1 cm³/mol. The minimum atomic E-state index is -0.735. The Hall–Kier alpha value is -3.38. The summed E-state index contributed by atoms with van der Waals surface area (Å²) in [5, 5.41) is 0.611. The lowest BCUT2D eigenvalue weighted by atomic mass is 10.1. The first-order chi connectivity index (χ1) is 13.0. The van der Waals surface area contributed by atoms with Crippen LogP contribution in [0.3, 0.4) is 0 Å². The smallest absolute Gasteiger partial charge is 0.345 e. The molecule has 134 valence electrons. The normalized spacial score (nSPS) is 10.9. The molecule has 0 N–H and O–H groups in total. The van der Waals surface area contributed by atoms with Crippen molar-refractivity contribution in [1.29, 1.82) is 0 Å². The van der Waals surface area contributed by atoms with Crippen LogP contribution >= 0.6 is 11.6 Å². The fourth-order valence-corrected chi connectivity index (χ4v) is 2.76. The van der Waals surface area contributed by atoms with Gasteiger partial charge < -0.3 is 13.6 Å². The number of fused-ring (bicyclic) bond motifs is 1. The molecular formula is C20H12ClNO5. The van der Waals surface area contributed by atoms with Crippen molar-refractivity contribution in [3.05, 3.63) is 81.4 Å². The van der Waals surface area contributed by atoms with Crippen LogP contribution in [0.25, 0.3) is 22.5 Å². The van der Waals surface area contributed by atoms with Gasteiger partial charge in [-0.1, -0.05) is 11.6 Å². The molecule has 0 aliphatic heterocycles. The zero-order valence-corrected chi connectivity index (χ0v) is 14.8. The standard InChI is InChI=1S/C20H12ClNO5/c1-11-8-16-13(9-14(11)21)17(23)19(18(26-16)15-5-3-7-25-15)27-20(24)12-4-2-6-22-10-12/h2-10H,1H3. The van der Waals surface area contributed by atoms with E-state index < -0.39 is 11.4 Å². The number of aromatic nitrogens is 1. The van der Waals surface area contributed by atoms with Crippen LogP contribution < -0.4 is 10.2 Å². The van der Waals surface area contributed by atoms with Crippen LogP contribution in [-0.4, -0.2) is 11.0 Å². The highest BCUT2D eigenvalue weighted by molar-refractivity contribution is 6.32. The number of rotatable bonds is 3. The lowest BCUT2D eigenvalue weighted by Crippen LogP contribution is -2.16. The number of pyridine rings is 1. The number of esters is 1. The Morgan fingerprint density at radius 3 is 2.78 bits per heavy atom. The van der Waals surface area contributed by atoms with Crippen LogP contribution in [0, 0.1) is 6.92 Å². The van der Waals surface area contributed by atoms with Crippen molar-refractivity contribution in [3.63, 3.8) is 0 Å². The summed E-state index contributed by atoms with van der Waals surface area (Å²) < 4.78 is 16.6. The lowest BCUT2D eigenvalue weighted by Gasteiger charge is -2.10. The molecule has 4 rings (SSSR count). The van der Waals surface area contributed by atoms with E-state index in [-0.39, 0.29) is 28.2 Å². The Morgan fingerprint density at radius 1 is 1.22 bits per heavy atom. The van der Waals surface area contributed by atoms with Crippen LogP contribution in [0.2, 0.25) is 5.02 Å². The topological polar surface area (TPSA) is 82.5 Å². The molecule has 0 atom stereocenters. The average molecular weight is 382 g/mol. The molecule has 4 aromatic rings. The molecule has 3 heterocycles. The van der Waals surface area contributed by atoms with Gasteiger partial charge in [-0.25, -0.2) is 4.79 Å². The zero-order chi connectivity index (χ0) is 19.0. The van der Waals surface area contributed by atoms with Gasteiger partial charge in [0.05, 0.1) is 17.2 Å². The second-order valence-corrected chi connectivity index (χ2v) is 6.20. The van der Waals surface area contributed by atoms with E-state index in [1.54, 1.807) is 31.2 Å². The first-order valence-corrected chi connectivity index (χ1v) is 8.35. The molecule has 0 saturated heterocycles. The highest BCUT2D eigenvalue weighted by atomic mass is 35.5. The van der Waals surface area contributed by atoms with Gasteiger partial charge in [-0.3, -0.25) is 9.78 Å². The van der Waals surface area contributed by atoms with Crippen LogP contribution in [-0.2, 0) is 0 Å². The van der Waals surface area contributed by atoms with Crippen molar-refractivity contribution in [3.8, 4) is 17.3 Å². The molecule has 6 nitrogen and oxygen atoms in total. The highest BCUT2D eigenvalue weighted by Crippen LogP contribution is 2.33. The molecule has 0 fully saturated rings. The fraction of sp³-hybridized carbons (Fsp3) is 0.0500. The molecule has 0 aliphatic carbocycles. The third-order valence-corrected chi connectivity index (χ3v) is 4.37. The lowest BCUT2D eigenvalue weighted by molar-refractivity contribution is 0.0730. The van der Waals surface area contributed by atoms with Crippen molar-refractivity contribution < 1.29 is 18.4 Å². The molecule has 0 bridgehead atoms. The monoisotopic (exact) mass is 381 g/mol. The fourth-order valence-electron chi connectivity index (χ4n) is 2.60. The van der Waals surface area contributed by atoms with Crippen molar-refractivity contribution in [1.82, 2.24) is 4.98 Å². The van der Waals surface area contributed by atoms with Gasteiger partial charge in [-0.05, 0) is 48.9 Å². The van der Waals surface area contributed by atoms with Gasteiger partial charge in [0.25, 0.3) is 0 Å². The Balaban J connectivity index is 1.93. The molecule has 0 spiro atoms. The van der Waals surface area contributed by atoms with Gasteiger partial charge >= 0.3 is 5.97 Å². The van der Waals surface area contributed by atoms with Gasteiger partial charge in [0.2, 0.25) is 16.9 Å². The number of halogens is 1. The van der Waals surface area contributed by atoms with E-state index in [9.17, 15) is 9.59 Å². The maximum Gasteiger partial charge on any atom is 0.345 e. The third kappa shape index (κ3) is 3.11. The molecule has 0 unspecified atom stereocenters. The van der Waals surface area contributed by atoms with Gasteiger partial charge in [0.1, 0.15) is 5.58 Å². The van der Waals surface area contributed by atoms with Crippen molar-refractivity contribution in [2.45, 2.75) is 6.92 Å². The van der Waals surface area contributed by atoms with Gasteiger partial charge in [-0.2, -0.15) is 0 Å². The molecule has 0 amide bonds. The van der Waals surface area contributed by atoms with Gasteiger partial charge in [0, 0.05) is 17.4 Å². The number of aryl methyl sites for hydroxylation is 1. The van der Waals surface area contributed by atoms with Gasteiger partial charge in [0.15, 0.2) is 5.76 Å². The second kappa shape index (κ2) is 6.74. The maximum atomic E-state index is 13.0. The summed E-state index contributed by atoms with van der Waals surface area (Å²) in [7, 11) is 0. The number of furan rings is 1. The van der Waals surface area contributed by atoms with Crippen molar-refractivity contribution in [2.24, 2.45) is 0 Å². The summed E-state index contributed by atoms with van der Waals surface area (Å²) >= 11 is 6.14. The number of ether oxygens (including phenoxy) is 1. The molecule has 27 heavy (non-hydrogen) atoms. The van der Waals surface area contributed by atoms with Crippen LogP contribution in [0.4, 0.5) is 0 Å². The first kappa shape index (κ1) is 17.1. The van der Waals surface area contributed by atoms with E-state index in [4.69, 9.17) is 25.2 Å². The Labute approximate surface area is 158 Å². The van der Waals surface area contributed by atoms with E-state index in [1.165, 1.54) is 30.8 Å². The summed E-state index contributed by atoms with van der Waals surface area (Å²) in [6.07, 6.45) is 4.30. The quantitative estimate of drug-likeness (QED) is 0.481. The summed E-state index contributed by atoms with van der Waals surface area (Å²) in [5.74, 6) is -0.723. The first-order valence-electron chi connectivity index (χ1n) is 7.97.